The molecule has 0 aliphatic rings. The topological polar surface area (TPSA) is 78.9 Å². The van der Waals surface area contributed by atoms with Crippen molar-refractivity contribution in [3.63, 3.8) is 0 Å². The second-order valence-electron chi connectivity index (χ2n) is 17.5. The molecule has 0 amide bonds. The summed E-state index contributed by atoms with van der Waals surface area (Å²) < 4.78 is 16.8. The molecule has 0 saturated carbocycles. The minimum absolute atomic E-state index is 0.0865. The van der Waals surface area contributed by atoms with Crippen LogP contribution in [0.4, 0.5) is 0 Å². The van der Waals surface area contributed by atoms with Gasteiger partial charge < -0.3 is 14.2 Å². The summed E-state index contributed by atoms with van der Waals surface area (Å²) in [4.78, 5) is 38.0. The van der Waals surface area contributed by atoms with Gasteiger partial charge in [-0.3, -0.25) is 14.4 Å². The maximum Gasteiger partial charge on any atom is 0.306 e. The molecular weight excluding hydrogens is 769 g/mol. The molecule has 0 fully saturated rings. The summed E-state index contributed by atoms with van der Waals surface area (Å²) in [6, 6.07) is 0. The molecule has 0 aromatic heterocycles. The average Bonchev–Trinajstić information content (AvgIpc) is 3.27. The molecule has 1 atom stereocenters. The molecule has 6 nitrogen and oxygen atoms in total. The molecular formula is C56H98O6. The highest BCUT2D eigenvalue weighted by Crippen LogP contribution is 2.16. The number of ether oxygens (including phenoxy) is 3. The predicted octanol–water partition coefficient (Wildman–Crippen LogP) is 17.3. The third-order valence-electron chi connectivity index (χ3n) is 11.4. The first-order valence-corrected chi connectivity index (χ1v) is 26.3. The molecule has 0 heterocycles. The van der Waals surface area contributed by atoms with E-state index >= 15 is 0 Å². The van der Waals surface area contributed by atoms with Crippen molar-refractivity contribution < 1.29 is 28.6 Å². The Labute approximate surface area is 383 Å². The number of esters is 3. The van der Waals surface area contributed by atoms with E-state index in [1.807, 2.05) is 30.4 Å². The Morgan fingerprint density at radius 3 is 1.06 bits per heavy atom. The lowest BCUT2D eigenvalue weighted by Crippen LogP contribution is -2.30. The van der Waals surface area contributed by atoms with Crippen LogP contribution in [-0.2, 0) is 28.6 Å². The lowest BCUT2D eigenvalue weighted by molar-refractivity contribution is -0.167. The Morgan fingerprint density at radius 1 is 0.339 bits per heavy atom. The largest absolute Gasteiger partial charge is 0.462 e. The van der Waals surface area contributed by atoms with Gasteiger partial charge in [0, 0.05) is 19.3 Å². The van der Waals surface area contributed by atoms with Crippen LogP contribution < -0.4 is 0 Å². The summed E-state index contributed by atoms with van der Waals surface area (Å²) in [6.07, 6.45) is 62.0. The number of allylic oxidation sites excluding steroid dienone is 10. The van der Waals surface area contributed by atoms with Gasteiger partial charge in [0.1, 0.15) is 13.2 Å². The van der Waals surface area contributed by atoms with E-state index in [0.29, 0.717) is 19.3 Å². The lowest BCUT2D eigenvalue weighted by atomic mass is 10.0. The zero-order valence-corrected chi connectivity index (χ0v) is 40.9. The van der Waals surface area contributed by atoms with E-state index in [1.165, 1.54) is 148 Å². The van der Waals surface area contributed by atoms with Gasteiger partial charge in [0.2, 0.25) is 0 Å². The zero-order chi connectivity index (χ0) is 45.1. The molecule has 0 aromatic carbocycles. The van der Waals surface area contributed by atoms with Gasteiger partial charge in [0.05, 0.1) is 0 Å². The van der Waals surface area contributed by atoms with Crippen molar-refractivity contribution in [2.75, 3.05) is 13.2 Å². The van der Waals surface area contributed by atoms with Gasteiger partial charge >= 0.3 is 17.9 Å². The van der Waals surface area contributed by atoms with E-state index in [4.69, 9.17) is 14.2 Å². The number of unbranched alkanes of at least 4 members (excludes halogenated alkanes) is 29. The van der Waals surface area contributed by atoms with E-state index in [1.54, 1.807) is 0 Å². The van der Waals surface area contributed by atoms with Crippen molar-refractivity contribution in [2.24, 2.45) is 0 Å². The van der Waals surface area contributed by atoms with Gasteiger partial charge in [0.15, 0.2) is 6.10 Å². The molecule has 0 aliphatic heterocycles. The van der Waals surface area contributed by atoms with Gasteiger partial charge in [-0.15, -0.1) is 0 Å². The van der Waals surface area contributed by atoms with Gasteiger partial charge in [-0.2, -0.15) is 0 Å². The third-order valence-corrected chi connectivity index (χ3v) is 11.4. The monoisotopic (exact) mass is 867 g/mol. The minimum atomic E-state index is -0.790. The molecule has 0 aliphatic carbocycles. The Morgan fingerprint density at radius 2 is 0.645 bits per heavy atom. The fourth-order valence-electron chi connectivity index (χ4n) is 7.39. The van der Waals surface area contributed by atoms with E-state index in [0.717, 1.165) is 70.6 Å². The summed E-state index contributed by atoms with van der Waals surface area (Å²) in [5.74, 6) is -0.925. The normalized spacial score (nSPS) is 12.5. The van der Waals surface area contributed by atoms with Crippen molar-refractivity contribution in [3.8, 4) is 0 Å². The zero-order valence-electron chi connectivity index (χ0n) is 40.9. The van der Waals surface area contributed by atoms with Gasteiger partial charge in [-0.05, 0) is 64.2 Å². The second kappa shape index (κ2) is 50.8. The molecule has 0 rings (SSSR count). The fraction of sp³-hybridized carbons (Fsp3) is 0.768. The third kappa shape index (κ3) is 48.1. The van der Waals surface area contributed by atoms with Crippen molar-refractivity contribution in [1.29, 1.82) is 0 Å². The number of hydrogen-bond acceptors (Lipinski definition) is 6. The average molecular weight is 867 g/mol. The molecule has 0 N–H and O–H groups in total. The van der Waals surface area contributed by atoms with Crippen molar-refractivity contribution in [2.45, 2.75) is 264 Å². The Hall–Kier alpha value is -2.89. The molecule has 1 unspecified atom stereocenters. The quantitative estimate of drug-likeness (QED) is 0.0199. The number of carbonyl (C=O) groups excluding carboxylic acids is 3. The summed E-state index contributed by atoms with van der Waals surface area (Å²) in [7, 11) is 0. The van der Waals surface area contributed by atoms with E-state index in [-0.39, 0.29) is 31.1 Å². The van der Waals surface area contributed by atoms with Crippen LogP contribution in [0.2, 0.25) is 0 Å². The molecule has 0 saturated heterocycles. The van der Waals surface area contributed by atoms with Crippen LogP contribution in [-0.4, -0.2) is 37.2 Å². The van der Waals surface area contributed by atoms with Crippen LogP contribution in [0.25, 0.3) is 0 Å². The molecule has 0 bridgehead atoms. The number of hydrogen-bond donors (Lipinski definition) is 0. The SMILES string of the molecule is CC/C=C/C=C/C=C/C=C/CCCCCC(=O)OCC(COC(=O)CCCCCCCCCCCCCCCCCC)OC(=O)CCCCCCCCC/C=C/CCCCCC. The summed E-state index contributed by atoms with van der Waals surface area (Å²) in [5.41, 5.74) is 0. The highest BCUT2D eigenvalue weighted by atomic mass is 16.6. The second-order valence-corrected chi connectivity index (χ2v) is 17.5. The van der Waals surface area contributed by atoms with Crippen LogP contribution in [0.15, 0.2) is 60.8 Å². The van der Waals surface area contributed by atoms with Crippen LogP contribution in [0.5, 0.6) is 0 Å². The first kappa shape index (κ1) is 59.1. The molecule has 62 heavy (non-hydrogen) atoms. The smallest absolute Gasteiger partial charge is 0.306 e. The van der Waals surface area contributed by atoms with Gasteiger partial charge in [-0.25, -0.2) is 0 Å². The maximum atomic E-state index is 12.8. The van der Waals surface area contributed by atoms with Crippen molar-refractivity contribution in [3.05, 3.63) is 60.8 Å². The van der Waals surface area contributed by atoms with Crippen molar-refractivity contribution in [1.82, 2.24) is 0 Å². The van der Waals surface area contributed by atoms with Crippen LogP contribution in [0, 0.1) is 0 Å². The summed E-state index contributed by atoms with van der Waals surface area (Å²) >= 11 is 0. The summed E-state index contributed by atoms with van der Waals surface area (Å²) in [6.45, 7) is 6.46. The van der Waals surface area contributed by atoms with Gasteiger partial charge in [-0.1, -0.05) is 236 Å². The molecule has 6 heteroatoms. The Bertz CT molecular complexity index is 1130. The minimum Gasteiger partial charge on any atom is -0.462 e. The number of carbonyl (C=O) groups is 3. The number of rotatable bonds is 47. The van der Waals surface area contributed by atoms with Crippen LogP contribution in [0.1, 0.15) is 258 Å². The van der Waals surface area contributed by atoms with Gasteiger partial charge in [0.25, 0.3) is 0 Å². The standard InChI is InChI=1S/C56H98O6/c1-4-7-10-13-16-19-22-25-27-29-31-34-37-40-43-46-49-55(58)61-52-53(51-60-54(57)48-45-42-39-36-33-30-24-21-18-15-12-9-6-3)62-56(59)50-47-44-41-38-35-32-28-26-23-20-17-14-11-8-5-2/h9,12,15,18,20-21,23-24,30,33,53H,4-8,10-11,13-14,16-17,19,22,25-29,31-32,34-52H2,1-3H3/b12-9+,18-15+,23-20+,24-21+,33-30+. The lowest BCUT2D eigenvalue weighted by Gasteiger charge is -2.18. The van der Waals surface area contributed by atoms with E-state index in [2.05, 4.69) is 51.2 Å². The molecule has 358 valence electrons. The Kier molecular flexibility index (Phi) is 48.4. The maximum absolute atomic E-state index is 12.8. The highest BCUT2D eigenvalue weighted by Gasteiger charge is 2.19. The first-order chi connectivity index (χ1) is 30.5. The van der Waals surface area contributed by atoms with Crippen LogP contribution >= 0.6 is 0 Å². The van der Waals surface area contributed by atoms with Crippen molar-refractivity contribution >= 4 is 17.9 Å². The fourth-order valence-corrected chi connectivity index (χ4v) is 7.39. The first-order valence-electron chi connectivity index (χ1n) is 26.3. The molecule has 0 radical (unpaired) electrons. The molecule has 0 spiro atoms. The van der Waals surface area contributed by atoms with E-state index < -0.39 is 6.10 Å². The molecule has 0 aromatic rings. The van der Waals surface area contributed by atoms with E-state index in [9.17, 15) is 14.4 Å². The summed E-state index contributed by atoms with van der Waals surface area (Å²) in [5, 5.41) is 0. The van der Waals surface area contributed by atoms with Crippen LogP contribution in [0.3, 0.4) is 0 Å². The Balaban J connectivity index is 4.41. The predicted molar refractivity (Wildman–Crippen MR) is 265 cm³/mol. The highest BCUT2D eigenvalue weighted by molar-refractivity contribution is 5.71.